The first-order valence-corrected chi connectivity index (χ1v) is 4.24. The Hall–Kier alpha value is -0.870. The fourth-order valence-corrected chi connectivity index (χ4v) is 0.945. The Morgan fingerprint density at radius 3 is 2.77 bits per heavy atom. The zero-order valence-corrected chi connectivity index (χ0v) is 7.69. The van der Waals surface area contributed by atoms with Crippen molar-refractivity contribution in [1.29, 1.82) is 0 Å². The summed E-state index contributed by atoms with van der Waals surface area (Å²) in [4.78, 5) is 10.7. The van der Waals surface area contributed by atoms with Crippen LogP contribution < -0.4 is 0 Å². The van der Waals surface area contributed by atoms with E-state index in [1.54, 1.807) is 0 Å². The molecule has 0 bridgehead atoms. The predicted octanol–water partition coefficient (Wildman–Crippen LogP) is 0.725. The topological polar surface area (TPSA) is 44.8 Å². The number of carbonyl (C=O) groups excluding carboxylic acids is 1. The second-order valence-electron chi connectivity index (χ2n) is 3.04. The average molecular weight is 186 g/mol. The normalized spacial score (nSPS) is 28.1. The first-order valence-electron chi connectivity index (χ1n) is 4.24. The first-order chi connectivity index (χ1) is 6.22. The van der Waals surface area contributed by atoms with Gasteiger partial charge in [-0.3, -0.25) is 0 Å². The van der Waals surface area contributed by atoms with Gasteiger partial charge in [0.1, 0.15) is 6.61 Å². The molecule has 1 aliphatic heterocycles. The van der Waals surface area contributed by atoms with Crippen molar-refractivity contribution in [1.82, 2.24) is 0 Å². The number of hydrogen-bond donors (Lipinski definition) is 0. The smallest absolute Gasteiger partial charge is 0.330 e. The van der Waals surface area contributed by atoms with E-state index in [1.807, 2.05) is 6.92 Å². The van der Waals surface area contributed by atoms with Crippen LogP contribution in [0.15, 0.2) is 12.7 Å². The van der Waals surface area contributed by atoms with Crippen LogP contribution in [0.3, 0.4) is 0 Å². The molecule has 0 saturated carbocycles. The van der Waals surface area contributed by atoms with E-state index in [0.717, 1.165) is 6.08 Å². The first kappa shape index (κ1) is 10.2. The summed E-state index contributed by atoms with van der Waals surface area (Å²) >= 11 is 0. The summed E-state index contributed by atoms with van der Waals surface area (Å²) in [5.74, 6) is -0.0443. The molecule has 0 radical (unpaired) electrons. The third-order valence-corrected chi connectivity index (χ3v) is 1.66. The van der Waals surface area contributed by atoms with Crippen molar-refractivity contribution in [2.24, 2.45) is 5.92 Å². The Labute approximate surface area is 77.5 Å². The zero-order valence-electron chi connectivity index (χ0n) is 7.69. The van der Waals surface area contributed by atoms with Crippen molar-refractivity contribution in [2.45, 2.75) is 13.2 Å². The molecule has 0 atom stereocenters. The number of hydrogen-bond acceptors (Lipinski definition) is 4. The van der Waals surface area contributed by atoms with E-state index in [4.69, 9.17) is 14.2 Å². The Morgan fingerprint density at radius 2 is 2.23 bits per heavy atom. The van der Waals surface area contributed by atoms with Crippen molar-refractivity contribution in [2.75, 3.05) is 19.8 Å². The van der Waals surface area contributed by atoms with Gasteiger partial charge in [0.25, 0.3) is 0 Å². The lowest BCUT2D eigenvalue weighted by atomic mass is 10.2. The third kappa shape index (κ3) is 3.57. The quantitative estimate of drug-likeness (QED) is 0.481. The Bertz CT molecular complexity index is 182. The number of rotatable bonds is 3. The molecule has 74 valence electrons. The summed E-state index contributed by atoms with van der Waals surface area (Å²) < 4.78 is 15.3. The second-order valence-corrected chi connectivity index (χ2v) is 3.04. The summed E-state index contributed by atoms with van der Waals surface area (Å²) in [6.07, 6.45) is 0.700. The van der Waals surface area contributed by atoms with Crippen LogP contribution in [0.2, 0.25) is 0 Å². The molecule has 0 N–H and O–H groups in total. The lowest BCUT2D eigenvalue weighted by Gasteiger charge is -2.26. The molecule has 1 heterocycles. The number of carbonyl (C=O) groups is 1. The van der Waals surface area contributed by atoms with E-state index < -0.39 is 12.3 Å². The van der Waals surface area contributed by atoms with Crippen LogP contribution in [0, 0.1) is 5.92 Å². The maximum Gasteiger partial charge on any atom is 0.330 e. The molecule has 4 heteroatoms. The molecule has 1 saturated heterocycles. The molecule has 0 spiro atoms. The highest BCUT2D eigenvalue weighted by molar-refractivity contribution is 5.81. The second kappa shape index (κ2) is 4.99. The molecule has 13 heavy (non-hydrogen) atoms. The van der Waals surface area contributed by atoms with Crippen LogP contribution in [0.4, 0.5) is 0 Å². The molecule has 1 rings (SSSR count). The van der Waals surface area contributed by atoms with Gasteiger partial charge < -0.3 is 14.2 Å². The van der Waals surface area contributed by atoms with Crippen molar-refractivity contribution in [3.05, 3.63) is 12.7 Å². The van der Waals surface area contributed by atoms with Gasteiger partial charge in [-0.1, -0.05) is 13.5 Å². The molecule has 0 unspecified atom stereocenters. The molecule has 1 aliphatic rings. The Kier molecular flexibility index (Phi) is 3.92. The van der Waals surface area contributed by atoms with E-state index in [0.29, 0.717) is 19.1 Å². The molecule has 0 aromatic rings. The molecule has 1 fully saturated rings. The minimum atomic E-state index is -0.453. The van der Waals surface area contributed by atoms with Crippen molar-refractivity contribution in [3.63, 3.8) is 0 Å². The highest BCUT2D eigenvalue weighted by Crippen LogP contribution is 2.10. The summed E-state index contributed by atoms with van der Waals surface area (Å²) in [5.41, 5.74) is 0. The third-order valence-electron chi connectivity index (χ3n) is 1.66. The van der Waals surface area contributed by atoms with Gasteiger partial charge in [0.2, 0.25) is 0 Å². The minimum absolute atomic E-state index is 0.136. The molecule has 4 nitrogen and oxygen atoms in total. The average Bonchev–Trinajstić information content (AvgIpc) is 2.16. The van der Waals surface area contributed by atoms with Crippen LogP contribution >= 0.6 is 0 Å². The lowest BCUT2D eigenvalue weighted by Crippen LogP contribution is -2.34. The largest absolute Gasteiger partial charge is 0.457 e. The van der Waals surface area contributed by atoms with Crippen LogP contribution in [0.5, 0.6) is 0 Å². The van der Waals surface area contributed by atoms with Gasteiger partial charge >= 0.3 is 5.97 Å². The van der Waals surface area contributed by atoms with Gasteiger partial charge in [-0.25, -0.2) is 4.79 Å². The van der Waals surface area contributed by atoms with Crippen LogP contribution in [0.25, 0.3) is 0 Å². The van der Waals surface area contributed by atoms with E-state index in [-0.39, 0.29) is 6.61 Å². The van der Waals surface area contributed by atoms with Crippen molar-refractivity contribution < 1.29 is 19.0 Å². The van der Waals surface area contributed by atoms with Gasteiger partial charge in [-0.15, -0.1) is 0 Å². The van der Waals surface area contributed by atoms with Gasteiger partial charge in [0, 0.05) is 12.0 Å². The van der Waals surface area contributed by atoms with E-state index in [2.05, 4.69) is 6.58 Å². The number of ether oxygens (including phenoxy) is 3. The maximum atomic E-state index is 10.7. The van der Waals surface area contributed by atoms with Crippen molar-refractivity contribution in [3.8, 4) is 0 Å². The van der Waals surface area contributed by atoms with Crippen LogP contribution in [-0.4, -0.2) is 32.1 Å². The molecule has 0 aromatic heterocycles. The molecule has 0 amide bonds. The van der Waals surface area contributed by atoms with Crippen LogP contribution in [-0.2, 0) is 19.0 Å². The molecule has 0 aliphatic carbocycles. The van der Waals surface area contributed by atoms with E-state index in [9.17, 15) is 4.79 Å². The lowest BCUT2D eigenvalue weighted by molar-refractivity contribution is -0.217. The van der Waals surface area contributed by atoms with E-state index >= 15 is 0 Å². The zero-order chi connectivity index (χ0) is 9.68. The van der Waals surface area contributed by atoms with Gasteiger partial charge in [0.05, 0.1) is 13.2 Å². The fourth-order valence-electron chi connectivity index (χ4n) is 0.945. The molecular formula is C9H14O4. The predicted molar refractivity (Wildman–Crippen MR) is 46.0 cm³/mol. The standard InChI is InChI=1S/C9H14O4/c1-3-8(10)11-6-9-12-4-7(2)5-13-9/h3,7,9H,1,4-6H2,2H3. The monoisotopic (exact) mass is 186 g/mol. The van der Waals surface area contributed by atoms with Crippen molar-refractivity contribution >= 4 is 5.97 Å². The van der Waals surface area contributed by atoms with E-state index in [1.165, 1.54) is 0 Å². The Morgan fingerprint density at radius 1 is 1.62 bits per heavy atom. The van der Waals surface area contributed by atoms with Gasteiger partial charge in [-0.05, 0) is 0 Å². The highest BCUT2D eigenvalue weighted by Gasteiger charge is 2.19. The number of esters is 1. The fraction of sp³-hybridized carbons (Fsp3) is 0.667. The Balaban J connectivity index is 2.15. The van der Waals surface area contributed by atoms with Gasteiger partial charge in [-0.2, -0.15) is 0 Å². The highest BCUT2D eigenvalue weighted by atomic mass is 16.7. The maximum absolute atomic E-state index is 10.7. The molecule has 0 aromatic carbocycles. The van der Waals surface area contributed by atoms with Crippen LogP contribution in [0.1, 0.15) is 6.92 Å². The van der Waals surface area contributed by atoms with Gasteiger partial charge in [0.15, 0.2) is 6.29 Å². The SMILES string of the molecule is C=CC(=O)OCC1OCC(C)CO1. The summed E-state index contributed by atoms with van der Waals surface area (Å²) in [5, 5.41) is 0. The summed E-state index contributed by atoms with van der Waals surface area (Å²) in [6.45, 7) is 6.75. The minimum Gasteiger partial charge on any atom is -0.457 e. The molecular weight excluding hydrogens is 172 g/mol. The summed E-state index contributed by atoms with van der Waals surface area (Å²) in [7, 11) is 0. The summed E-state index contributed by atoms with van der Waals surface area (Å²) in [6, 6.07) is 0.